The van der Waals surface area contributed by atoms with Crippen molar-refractivity contribution in [2.45, 2.75) is 58.2 Å². The first kappa shape index (κ1) is 26.5. The van der Waals surface area contributed by atoms with Gasteiger partial charge in [-0.25, -0.2) is 4.39 Å². The van der Waals surface area contributed by atoms with E-state index >= 15 is 0 Å². The normalized spacial score (nSPS) is 12.0. The molecule has 2 aromatic carbocycles. The summed E-state index contributed by atoms with van der Waals surface area (Å²) < 4.78 is 16.0. The maximum absolute atomic E-state index is 13.8. The number of nitrogens with zero attached hydrogens (tertiary/aromatic N) is 2. The van der Waals surface area contributed by atoms with Gasteiger partial charge in [0.2, 0.25) is 0 Å². The summed E-state index contributed by atoms with van der Waals surface area (Å²) in [5, 5.41) is 5.55. The first-order valence-corrected chi connectivity index (χ1v) is 14.7. The van der Waals surface area contributed by atoms with Crippen LogP contribution in [0, 0.1) is 17.3 Å². The van der Waals surface area contributed by atoms with Crippen LogP contribution in [-0.2, 0) is 7.05 Å². The van der Waals surface area contributed by atoms with Crippen LogP contribution in [0.2, 0.25) is 21.6 Å². The second-order valence-corrected chi connectivity index (χ2v) is 16.4. The molecule has 0 unspecified atom stereocenters. The van der Waals surface area contributed by atoms with Crippen molar-refractivity contribution >= 4 is 58.0 Å². The molecule has 0 saturated carbocycles. The van der Waals surface area contributed by atoms with E-state index < -0.39 is 19.7 Å². The molecule has 0 bridgehead atoms. The van der Waals surface area contributed by atoms with Crippen molar-refractivity contribution in [2.75, 3.05) is 5.73 Å². The Hall–Kier alpha value is -2.14. The first-order chi connectivity index (χ1) is 15.8. The molecule has 0 amide bonds. The third-order valence-electron chi connectivity index (χ3n) is 6.76. The van der Waals surface area contributed by atoms with Gasteiger partial charge in [0, 0.05) is 23.7 Å². The largest absolute Gasteiger partial charge is 0.398 e. The Morgan fingerprint density at radius 1 is 1.15 bits per heavy atom. The van der Waals surface area contributed by atoms with E-state index in [0.29, 0.717) is 26.6 Å². The molecule has 3 rings (SSSR count). The van der Waals surface area contributed by atoms with Gasteiger partial charge in [0.15, 0.2) is 5.78 Å². The van der Waals surface area contributed by atoms with Crippen LogP contribution in [0.5, 0.6) is 0 Å². The monoisotopic (exact) mass is 561 g/mol. The number of benzene rings is 2. The van der Waals surface area contributed by atoms with Crippen LogP contribution in [0.3, 0.4) is 0 Å². The minimum absolute atomic E-state index is 0.0472. The third-order valence-corrected chi connectivity index (χ3v) is 14.2. The topological polar surface area (TPSA) is 60.9 Å². The van der Waals surface area contributed by atoms with Crippen molar-refractivity contribution in [1.82, 2.24) is 9.78 Å². The lowest BCUT2D eigenvalue weighted by molar-refractivity contribution is 0.103. The van der Waals surface area contributed by atoms with Crippen molar-refractivity contribution in [3.63, 3.8) is 0 Å². The van der Waals surface area contributed by atoms with E-state index in [1.54, 1.807) is 10.7 Å². The Morgan fingerprint density at radius 2 is 1.74 bits per heavy atom. The number of ketones is 1. The van der Waals surface area contributed by atoms with Crippen molar-refractivity contribution in [3.05, 3.63) is 56.4 Å². The number of aryl methyl sites for hydroxylation is 1. The highest BCUT2D eigenvalue weighted by molar-refractivity contribution is 9.10. The molecule has 0 fully saturated rings. The molecule has 0 aliphatic carbocycles. The van der Waals surface area contributed by atoms with Crippen LogP contribution < -0.4 is 5.73 Å². The Morgan fingerprint density at radius 3 is 2.29 bits per heavy atom. The lowest BCUT2D eigenvalue weighted by Crippen LogP contribution is -2.43. The zero-order valence-electron chi connectivity index (χ0n) is 20.6. The highest BCUT2D eigenvalue weighted by Gasteiger charge is 2.41. The fourth-order valence-corrected chi connectivity index (χ4v) is 11.2. The molecule has 3 aromatic rings. The second kappa shape index (κ2) is 9.85. The standard InChI is InChI=1S/C26H30BrClFN3OSi/c1-14(2)34(15(3)4,16(5)6)11-10-22-19-13-21(30)23(24(27)25(19)31-32(22)7)26(33)18-12-17(29)8-9-20(18)28/h8-9,12-16H,30H2,1-7H3. The smallest absolute Gasteiger partial charge is 0.197 e. The molecule has 34 heavy (non-hydrogen) atoms. The molecular formula is C26H30BrClFN3OSi. The molecule has 0 spiro atoms. The maximum Gasteiger partial charge on any atom is 0.197 e. The highest BCUT2D eigenvalue weighted by atomic mass is 79.9. The zero-order chi connectivity index (χ0) is 25.5. The minimum Gasteiger partial charge on any atom is -0.398 e. The number of fused-ring (bicyclic) bond motifs is 1. The van der Waals surface area contributed by atoms with Gasteiger partial charge in [0.1, 0.15) is 25.1 Å². The second-order valence-electron chi connectivity index (χ2n) is 9.62. The van der Waals surface area contributed by atoms with Gasteiger partial charge in [-0.3, -0.25) is 9.48 Å². The van der Waals surface area contributed by atoms with E-state index in [-0.39, 0.29) is 21.8 Å². The van der Waals surface area contributed by atoms with E-state index in [1.165, 1.54) is 12.1 Å². The van der Waals surface area contributed by atoms with Crippen LogP contribution in [0.4, 0.5) is 10.1 Å². The number of hydrogen-bond donors (Lipinski definition) is 1. The zero-order valence-corrected chi connectivity index (χ0v) is 23.9. The summed E-state index contributed by atoms with van der Waals surface area (Å²) in [7, 11) is -0.121. The predicted molar refractivity (Wildman–Crippen MR) is 146 cm³/mol. The molecule has 1 aromatic heterocycles. The van der Waals surface area contributed by atoms with Gasteiger partial charge in [0.05, 0.1) is 15.1 Å². The lowest BCUT2D eigenvalue weighted by Gasteiger charge is -2.38. The molecule has 0 saturated heterocycles. The van der Waals surface area contributed by atoms with E-state index in [9.17, 15) is 9.18 Å². The van der Waals surface area contributed by atoms with Crippen molar-refractivity contribution in [1.29, 1.82) is 0 Å². The molecular weight excluding hydrogens is 533 g/mol. The molecule has 0 atom stereocenters. The van der Waals surface area contributed by atoms with Gasteiger partial charge >= 0.3 is 0 Å². The Bertz CT molecular complexity index is 1320. The minimum atomic E-state index is -1.96. The van der Waals surface area contributed by atoms with E-state index in [1.807, 2.05) is 7.05 Å². The van der Waals surface area contributed by atoms with Gasteiger partial charge in [-0.15, -0.1) is 5.54 Å². The number of anilines is 1. The first-order valence-electron chi connectivity index (χ1n) is 11.3. The van der Waals surface area contributed by atoms with E-state index in [4.69, 9.17) is 17.3 Å². The summed E-state index contributed by atoms with van der Waals surface area (Å²) in [6.45, 7) is 13.6. The molecule has 4 nitrogen and oxygen atoms in total. The molecule has 180 valence electrons. The number of nitrogens with two attached hydrogens (primary N) is 1. The van der Waals surface area contributed by atoms with E-state index in [0.717, 1.165) is 17.1 Å². The van der Waals surface area contributed by atoms with Crippen LogP contribution in [0.15, 0.2) is 28.7 Å². The van der Waals surface area contributed by atoms with Crippen LogP contribution in [0.1, 0.15) is 63.2 Å². The van der Waals surface area contributed by atoms with Crippen LogP contribution >= 0.6 is 27.5 Å². The van der Waals surface area contributed by atoms with Gasteiger partial charge in [-0.05, 0) is 56.8 Å². The molecule has 0 aliphatic rings. The lowest BCUT2D eigenvalue weighted by atomic mass is 9.99. The average Bonchev–Trinajstić information content (AvgIpc) is 3.05. The predicted octanol–water partition coefficient (Wildman–Crippen LogP) is 7.51. The van der Waals surface area contributed by atoms with Crippen LogP contribution in [0.25, 0.3) is 10.9 Å². The Balaban J connectivity index is 2.22. The number of nitrogen functional groups attached to an aromatic ring is 1. The maximum atomic E-state index is 13.8. The van der Waals surface area contributed by atoms with Crippen molar-refractivity contribution < 1.29 is 9.18 Å². The number of aromatic nitrogens is 2. The summed E-state index contributed by atoms with van der Waals surface area (Å²) in [5.74, 6) is 2.43. The Labute approximate surface area is 215 Å². The highest BCUT2D eigenvalue weighted by Crippen LogP contribution is 2.41. The van der Waals surface area contributed by atoms with Gasteiger partial charge in [-0.2, -0.15) is 5.10 Å². The summed E-state index contributed by atoms with van der Waals surface area (Å²) in [5.41, 5.74) is 13.4. The molecule has 0 radical (unpaired) electrons. The average molecular weight is 563 g/mol. The van der Waals surface area contributed by atoms with Gasteiger partial charge < -0.3 is 5.73 Å². The third kappa shape index (κ3) is 4.44. The fourth-order valence-electron chi connectivity index (χ4n) is 5.10. The molecule has 0 aliphatic heterocycles. The van der Waals surface area contributed by atoms with E-state index in [2.05, 4.69) is 74.0 Å². The van der Waals surface area contributed by atoms with Crippen molar-refractivity contribution in [2.24, 2.45) is 7.05 Å². The summed E-state index contributed by atoms with van der Waals surface area (Å²) >= 11 is 9.70. The van der Waals surface area contributed by atoms with Gasteiger partial charge in [-0.1, -0.05) is 59.1 Å². The number of hydrogen-bond acceptors (Lipinski definition) is 3. The Kier molecular flexibility index (Phi) is 7.66. The molecule has 2 N–H and O–H groups in total. The number of carbonyl (C=O) groups is 1. The summed E-state index contributed by atoms with van der Waals surface area (Å²) in [6, 6.07) is 5.40. The van der Waals surface area contributed by atoms with Gasteiger partial charge in [0.25, 0.3) is 0 Å². The summed E-state index contributed by atoms with van der Waals surface area (Å²) in [4.78, 5) is 13.3. The molecule has 8 heteroatoms. The number of rotatable bonds is 5. The number of halogens is 3. The van der Waals surface area contributed by atoms with Crippen molar-refractivity contribution in [3.8, 4) is 11.5 Å². The number of carbonyl (C=O) groups excluding carboxylic acids is 1. The molecule has 1 heterocycles. The summed E-state index contributed by atoms with van der Waals surface area (Å²) in [6.07, 6.45) is 0. The van der Waals surface area contributed by atoms with Crippen LogP contribution in [-0.4, -0.2) is 23.6 Å². The quantitative estimate of drug-likeness (QED) is 0.151. The SMILES string of the molecule is CC(C)[Si](C#Cc1c2cc(N)c(C(=O)c3cc(F)ccc3Cl)c(Br)c2nn1C)(C(C)C)C(C)C. The fraction of sp³-hybridized carbons (Fsp3) is 0.385.